The third-order valence-electron chi connectivity index (χ3n) is 5.75. The molecule has 0 fully saturated rings. The van der Waals surface area contributed by atoms with Gasteiger partial charge in [-0.25, -0.2) is 0 Å². The molecule has 0 atom stereocenters. The van der Waals surface area contributed by atoms with E-state index < -0.39 is 37.8 Å². The van der Waals surface area contributed by atoms with Gasteiger partial charge < -0.3 is 0 Å². The fraction of sp³-hybridized carbons (Fsp3) is 1.00. The maximum absolute atomic E-state index is 7.41. The number of hydrogen-bond acceptors (Lipinski definition) is 1. The molecule has 28 heavy (non-hydrogen) atoms. The van der Waals surface area contributed by atoms with Gasteiger partial charge in [0, 0.05) is 0 Å². The molecule has 1 nitrogen and oxygen atoms in total. The van der Waals surface area contributed by atoms with E-state index >= 15 is 0 Å². The number of rotatable bonds is 22. The first-order valence-corrected chi connectivity index (χ1v) is 26.9. The molecule has 0 aliphatic carbocycles. The van der Waals surface area contributed by atoms with Crippen molar-refractivity contribution in [2.45, 2.75) is 148 Å². The van der Waals surface area contributed by atoms with Crippen molar-refractivity contribution in [3.8, 4) is 0 Å². The van der Waals surface area contributed by atoms with Crippen molar-refractivity contribution in [1.29, 1.82) is 0 Å². The van der Waals surface area contributed by atoms with Crippen LogP contribution in [0.3, 0.4) is 0 Å². The van der Waals surface area contributed by atoms with E-state index in [1.165, 1.54) is 120 Å². The number of hydrogen-bond donors (Lipinski definition) is 0. The van der Waals surface area contributed by atoms with Crippen LogP contribution in [0.25, 0.3) is 0 Å². The maximum atomic E-state index is 7.41. The zero-order valence-electron chi connectivity index (χ0n) is 19.9. The quantitative estimate of drug-likeness (QED) is 0.0856. The molecule has 0 unspecified atom stereocenters. The molecule has 0 aliphatic rings. The standard InChI is InChI=1S/4C6H13.ClH.O.2Sn/c4*1-3-5-6-4-2;;;;/h4*1,3-6H2,2H3;1H;;;/q;;;;;;;+1/p-1. The van der Waals surface area contributed by atoms with Gasteiger partial charge in [0.15, 0.2) is 0 Å². The summed E-state index contributed by atoms with van der Waals surface area (Å²) in [7, 11) is 7.41. The molecular weight excluding hydrogens is 577 g/mol. The van der Waals surface area contributed by atoms with Gasteiger partial charge in [-0.1, -0.05) is 0 Å². The average Bonchev–Trinajstić information content (AvgIpc) is 2.69. The van der Waals surface area contributed by atoms with Crippen LogP contribution in [-0.4, -0.2) is 37.8 Å². The van der Waals surface area contributed by atoms with Gasteiger partial charge in [-0.2, -0.15) is 0 Å². The van der Waals surface area contributed by atoms with Crippen LogP contribution in [0.2, 0.25) is 17.7 Å². The molecule has 0 aromatic carbocycles. The molecule has 0 saturated carbocycles. The van der Waals surface area contributed by atoms with Gasteiger partial charge in [0.2, 0.25) is 0 Å². The average molecular weight is 630 g/mol. The summed E-state index contributed by atoms with van der Waals surface area (Å²) in [4.78, 5) is 0. The summed E-state index contributed by atoms with van der Waals surface area (Å²) in [6.07, 6.45) is 21.9. The first kappa shape index (κ1) is 29.8. The van der Waals surface area contributed by atoms with E-state index in [0.29, 0.717) is 0 Å². The summed E-state index contributed by atoms with van der Waals surface area (Å²) in [5, 5.41) is 0. The molecule has 1 radical (unpaired) electrons. The first-order valence-electron chi connectivity index (χ1n) is 12.8. The fourth-order valence-electron chi connectivity index (χ4n) is 3.84. The van der Waals surface area contributed by atoms with E-state index in [4.69, 9.17) is 10.3 Å². The Morgan fingerprint density at radius 2 is 0.893 bits per heavy atom. The number of unbranched alkanes of at least 4 members (excludes halogenated alkanes) is 12. The molecule has 0 saturated heterocycles. The molecule has 0 spiro atoms. The predicted molar refractivity (Wildman–Crippen MR) is 134 cm³/mol. The van der Waals surface area contributed by atoms with E-state index in [2.05, 4.69) is 27.7 Å². The Balaban J connectivity index is 4.69. The van der Waals surface area contributed by atoms with E-state index in [0.717, 1.165) is 0 Å². The van der Waals surface area contributed by atoms with Gasteiger partial charge in [-0.05, 0) is 0 Å². The molecule has 4 heteroatoms. The molecule has 0 aliphatic heterocycles. The monoisotopic (exact) mass is 631 g/mol. The van der Waals surface area contributed by atoms with Gasteiger partial charge in [0.1, 0.15) is 0 Å². The summed E-state index contributed by atoms with van der Waals surface area (Å²) in [6.45, 7) is 9.23. The zero-order chi connectivity index (χ0) is 20.9. The van der Waals surface area contributed by atoms with Crippen LogP contribution in [0.4, 0.5) is 0 Å². The minimum absolute atomic E-state index is 1.29. The molecule has 169 valence electrons. The Morgan fingerprint density at radius 1 is 0.536 bits per heavy atom. The summed E-state index contributed by atoms with van der Waals surface area (Å²) < 4.78 is 12.6. The van der Waals surface area contributed by atoms with E-state index in [1.54, 1.807) is 0 Å². The minimum atomic E-state index is -2.84. The second-order valence-corrected chi connectivity index (χ2v) is 31.7. The van der Waals surface area contributed by atoms with Crippen LogP contribution < -0.4 is 0 Å². The van der Waals surface area contributed by atoms with Crippen molar-refractivity contribution >= 4 is 46.8 Å². The molecule has 0 bridgehead atoms. The normalized spacial score (nSPS) is 12.2. The SMILES string of the molecule is CCCCC[CH2][Sn]([CH2]CCCCC)[O][Sn]([Cl])([CH2]CCCCC)[CH2]CCCCC. The Hall–Kier alpha value is 1.85. The Morgan fingerprint density at radius 3 is 1.25 bits per heavy atom. The summed E-state index contributed by atoms with van der Waals surface area (Å²) in [5.41, 5.74) is 0. The van der Waals surface area contributed by atoms with Gasteiger partial charge in [0.25, 0.3) is 0 Å². The molecule has 0 aromatic rings. The van der Waals surface area contributed by atoms with Crippen LogP contribution in [0.5, 0.6) is 0 Å². The molecule has 0 rings (SSSR count). The van der Waals surface area contributed by atoms with Gasteiger partial charge in [-0.3, -0.25) is 0 Å². The molecule has 0 aromatic heterocycles. The second-order valence-electron chi connectivity index (χ2n) is 8.77. The van der Waals surface area contributed by atoms with Crippen LogP contribution in [-0.2, 0) is 1.41 Å². The summed E-state index contributed by atoms with van der Waals surface area (Å²) in [5.74, 6) is 0. The van der Waals surface area contributed by atoms with Crippen molar-refractivity contribution in [2.75, 3.05) is 0 Å². The Labute approximate surface area is 194 Å². The third-order valence-corrected chi connectivity index (χ3v) is 37.6. The van der Waals surface area contributed by atoms with Crippen molar-refractivity contribution in [3.05, 3.63) is 0 Å². The predicted octanol–water partition coefficient (Wildman–Crippen LogP) is 10.00. The van der Waals surface area contributed by atoms with Crippen LogP contribution in [0.15, 0.2) is 0 Å². The van der Waals surface area contributed by atoms with Crippen molar-refractivity contribution in [1.82, 2.24) is 0 Å². The van der Waals surface area contributed by atoms with Gasteiger partial charge >= 0.3 is 196 Å². The summed E-state index contributed by atoms with van der Waals surface area (Å²) >= 11 is -4.59. The van der Waals surface area contributed by atoms with Crippen molar-refractivity contribution < 1.29 is 1.41 Å². The second kappa shape index (κ2) is 22.1. The third kappa shape index (κ3) is 18.6. The fourth-order valence-corrected chi connectivity index (χ4v) is 40.5. The van der Waals surface area contributed by atoms with E-state index in [9.17, 15) is 0 Å². The van der Waals surface area contributed by atoms with Gasteiger partial charge in [0.05, 0.1) is 0 Å². The molecule has 0 N–H and O–H groups in total. The van der Waals surface area contributed by atoms with Crippen molar-refractivity contribution in [2.24, 2.45) is 0 Å². The Bertz CT molecular complexity index is 291. The van der Waals surface area contributed by atoms with Crippen LogP contribution in [0, 0.1) is 0 Å². The van der Waals surface area contributed by atoms with E-state index in [1.807, 2.05) is 0 Å². The van der Waals surface area contributed by atoms with Crippen molar-refractivity contribution in [3.63, 3.8) is 0 Å². The molecule has 0 amide bonds. The Kier molecular flexibility index (Phi) is 23.5. The topological polar surface area (TPSA) is 9.23 Å². The van der Waals surface area contributed by atoms with Crippen LogP contribution >= 0.6 is 8.92 Å². The molecule has 0 heterocycles. The number of halogens is 1. The van der Waals surface area contributed by atoms with E-state index in [-0.39, 0.29) is 0 Å². The first-order chi connectivity index (χ1) is 13.6. The molecular formula is C24H52ClOSn2. The summed E-state index contributed by atoms with van der Waals surface area (Å²) in [6, 6.07) is 0. The zero-order valence-corrected chi connectivity index (χ0v) is 26.4. The van der Waals surface area contributed by atoms with Crippen LogP contribution in [0.1, 0.15) is 130 Å². The van der Waals surface area contributed by atoms with Gasteiger partial charge in [-0.15, -0.1) is 0 Å².